The Balaban J connectivity index is 1.07. The molecule has 14 aromatic rings. The average Bonchev–Trinajstić information content (AvgIpc) is 4.11. The molecule has 0 spiro atoms. The Morgan fingerprint density at radius 1 is 0.273 bits per heavy atom. The van der Waals surface area contributed by atoms with Gasteiger partial charge in [-0.25, -0.2) is 0 Å². The van der Waals surface area contributed by atoms with Crippen molar-refractivity contribution in [3.8, 4) is 23.8 Å². The first-order valence-electron chi connectivity index (χ1n) is 20.5. The highest BCUT2D eigenvalue weighted by Gasteiger charge is 2.28. The van der Waals surface area contributed by atoms with Crippen molar-refractivity contribution < 1.29 is 4.79 Å². The summed E-state index contributed by atoms with van der Waals surface area (Å²) in [5, 5.41) is 6.59. The molecule has 14 heterocycles. The normalized spacial score (nSPS) is 12.0. The van der Waals surface area contributed by atoms with Crippen LogP contribution in [0.2, 0.25) is 0 Å². The second kappa shape index (κ2) is 13.5. The summed E-state index contributed by atoms with van der Waals surface area (Å²) in [6.45, 7) is 0. The third-order valence-corrected chi connectivity index (χ3v) is 11.9. The van der Waals surface area contributed by atoms with Gasteiger partial charge in [0.15, 0.2) is 0 Å². The van der Waals surface area contributed by atoms with Crippen LogP contribution in [-0.4, -0.2) is 93.8 Å². The Bertz CT molecular complexity index is 3610. The van der Waals surface area contributed by atoms with E-state index < -0.39 is 5.78 Å². The predicted octanol–water partition coefficient (Wildman–Crippen LogP) is 6.84. The molecule has 0 aromatic carbocycles. The molecule has 14 rings (SSSR count). The first-order chi connectivity index (χ1) is 32.7. The van der Waals surface area contributed by atoms with Gasteiger partial charge in [0.05, 0.1) is 44.1 Å². The number of carbonyl (C=O) groups excluding carboxylic acids is 1. The number of aromatic nitrogens is 18. The highest BCUT2D eigenvalue weighted by molar-refractivity contribution is 6.12. The summed E-state index contributed by atoms with van der Waals surface area (Å²) in [5.41, 5.74) is 5.96. The van der Waals surface area contributed by atoms with E-state index in [0.717, 1.165) is 87.2 Å². The fourth-order valence-corrected chi connectivity index (χ4v) is 9.11. The summed E-state index contributed by atoms with van der Waals surface area (Å²) < 4.78 is 7.49. The van der Waals surface area contributed by atoms with Crippen molar-refractivity contribution in [2.45, 2.75) is 0 Å². The molecule has 0 atom stereocenters. The summed E-state index contributed by atoms with van der Waals surface area (Å²) in [6.07, 6.45) is 27.7. The van der Waals surface area contributed by atoms with Gasteiger partial charge in [0, 0.05) is 142 Å². The van der Waals surface area contributed by atoms with E-state index in [1.54, 1.807) is 99.1 Å². The smallest absolute Gasteiger partial charge is 0.267 e. The van der Waals surface area contributed by atoms with Crippen LogP contribution in [0, 0.1) is 0 Å². The number of rotatable bonds is 6. The van der Waals surface area contributed by atoms with E-state index in [9.17, 15) is 0 Å². The molecule has 66 heavy (non-hydrogen) atoms. The maximum atomic E-state index is 15.6. The maximum Gasteiger partial charge on any atom is 0.267 e. The van der Waals surface area contributed by atoms with Crippen LogP contribution in [0.1, 0.15) is 16.4 Å². The van der Waals surface area contributed by atoms with Crippen molar-refractivity contribution in [2.24, 2.45) is 0 Å². The van der Waals surface area contributed by atoms with Gasteiger partial charge in [-0.15, -0.1) is 0 Å². The summed E-state index contributed by atoms with van der Waals surface area (Å²) >= 11 is 0. The van der Waals surface area contributed by atoms with Crippen molar-refractivity contribution in [3.63, 3.8) is 0 Å². The van der Waals surface area contributed by atoms with Gasteiger partial charge in [-0.2, -0.15) is 29.9 Å². The molecule has 0 N–H and O–H groups in total. The van der Waals surface area contributed by atoms with E-state index in [4.69, 9.17) is 29.9 Å². The van der Waals surface area contributed by atoms with Gasteiger partial charge in [0.25, 0.3) is 5.78 Å². The molecule has 0 radical (unpaired) electrons. The molecule has 0 aliphatic heterocycles. The Labute approximate surface area is 367 Å². The lowest BCUT2D eigenvalue weighted by molar-refractivity contribution is 0.101. The van der Waals surface area contributed by atoms with E-state index in [2.05, 4.69) is 39.9 Å². The molecule has 0 bridgehead atoms. The molecule has 0 aliphatic carbocycles. The fraction of sp³-hybridized carbons (Fsp3) is 0. The monoisotopic (exact) mass is 856 g/mol. The molecule has 0 unspecified atom stereocenters. The predicted molar refractivity (Wildman–Crippen MR) is 243 cm³/mol. The molecule has 0 fully saturated rings. The Morgan fingerprint density at radius 2 is 0.455 bits per heavy atom. The number of pyridine rings is 8. The first-order valence-corrected chi connectivity index (χ1v) is 20.5. The topological polar surface area (TPSA) is 217 Å². The average molecular weight is 857 g/mol. The summed E-state index contributed by atoms with van der Waals surface area (Å²) in [5.74, 6) is -0.472. The van der Waals surface area contributed by atoms with Crippen LogP contribution in [-0.2, 0) is 0 Å². The number of fused-ring (bicyclic) bond motifs is 12. The van der Waals surface area contributed by atoms with E-state index in [0.29, 0.717) is 0 Å². The largest absolute Gasteiger partial charge is 0.281 e. The zero-order chi connectivity index (χ0) is 43.5. The highest BCUT2D eigenvalue weighted by atomic mass is 16.1. The van der Waals surface area contributed by atoms with Crippen molar-refractivity contribution in [1.29, 1.82) is 0 Å². The lowest BCUT2D eigenvalue weighted by Gasteiger charge is -2.13. The molecule has 19 heteroatoms. The number of ketones is 1. The van der Waals surface area contributed by atoms with Crippen LogP contribution in [0.15, 0.2) is 148 Å². The molecule has 0 aliphatic rings. The number of hydrogen-bond acceptors (Lipinski definition) is 15. The minimum atomic E-state index is -0.689. The third-order valence-electron chi connectivity index (χ3n) is 11.9. The van der Waals surface area contributed by atoms with Crippen molar-refractivity contribution >= 4 is 93.0 Å². The maximum absolute atomic E-state index is 15.6. The lowest BCUT2D eigenvalue weighted by atomic mass is 10.2. The molecular formula is C47H24N18O. The quantitative estimate of drug-likeness (QED) is 0.156. The Morgan fingerprint density at radius 3 is 0.636 bits per heavy atom. The molecule has 0 amide bonds. The van der Waals surface area contributed by atoms with E-state index in [-0.39, 0.29) is 35.4 Å². The third kappa shape index (κ3) is 5.03. The van der Waals surface area contributed by atoms with Crippen LogP contribution in [0.3, 0.4) is 0 Å². The molecule has 14 aromatic heterocycles. The molecule has 19 nitrogen and oxygen atoms in total. The SMILES string of the molecule is O=C(c1nc(-n2c3ccncc3c3cnccc32)nc(-n2c3ccncc3c3cnccc32)n1)c1nc(-n2c3ccncc3c3cnccc32)nc(-n2c3ccncc3c3cnccc32)n1. The van der Waals surface area contributed by atoms with Gasteiger partial charge in [-0.05, 0) is 48.5 Å². The van der Waals surface area contributed by atoms with E-state index in [1.807, 2.05) is 66.8 Å². The van der Waals surface area contributed by atoms with Crippen LogP contribution in [0.4, 0.5) is 0 Å². The Hall–Kier alpha value is -9.91. The fourth-order valence-electron chi connectivity index (χ4n) is 9.11. The second-order valence-electron chi connectivity index (χ2n) is 15.3. The van der Waals surface area contributed by atoms with Crippen molar-refractivity contribution in [3.05, 3.63) is 159 Å². The minimum Gasteiger partial charge on any atom is -0.281 e. The molecule has 0 saturated carbocycles. The van der Waals surface area contributed by atoms with E-state index >= 15 is 4.79 Å². The van der Waals surface area contributed by atoms with Crippen LogP contribution in [0.5, 0.6) is 0 Å². The molecular weight excluding hydrogens is 833 g/mol. The molecule has 0 saturated heterocycles. The highest BCUT2D eigenvalue weighted by Crippen LogP contribution is 2.35. The summed E-state index contributed by atoms with van der Waals surface area (Å²) in [6, 6.07) is 15.0. The molecule has 308 valence electrons. The van der Waals surface area contributed by atoms with Gasteiger partial charge in [0.2, 0.25) is 35.4 Å². The van der Waals surface area contributed by atoms with Crippen LogP contribution < -0.4 is 0 Å². The van der Waals surface area contributed by atoms with Crippen LogP contribution in [0.25, 0.3) is 111 Å². The van der Waals surface area contributed by atoms with Gasteiger partial charge >= 0.3 is 0 Å². The number of hydrogen-bond donors (Lipinski definition) is 0. The van der Waals surface area contributed by atoms with Gasteiger partial charge < -0.3 is 0 Å². The van der Waals surface area contributed by atoms with Crippen molar-refractivity contribution in [1.82, 2.24) is 88.0 Å². The van der Waals surface area contributed by atoms with E-state index in [1.165, 1.54) is 0 Å². The van der Waals surface area contributed by atoms with Gasteiger partial charge in [0.1, 0.15) is 0 Å². The first kappa shape index (κ1) is 35.7. The minimum absolute atomic E-state index is 0.165. The summed E-state index contributed by atoms with van der Waals surface area (Å²) in [7, 11) is 0. The number of nitrogens with zero attached hydrogens (tertiary/aromatic N) is 18. The standard InChI is InChI=1S/C47H24N18O/c66-41(42-56-44(62-33-1-9-48-17-25(33)26-18-49-10-2-34(26)62)60-45(57-42)63-35-3-11-50-19-27(35)28-20-51-12-4-36(28)63)43-58-46(64-37-5-13-52-21-29(37)30-22-53-14-6-38(30)64)61-47(59-43)65-39-7-15-54-23-31(39)32-24-55-16-8-40(32)65/h1-24H. The lowest BCUT2D eigenvalue weighted by Crippen LogP contribution is -2.20. The zero-order valence-electron chi connectivity index (χ0n) is 33.8. The zero-order valence-corrected chi connectivity index (χ0v) is 33.8. The van der Waals surface area contributed by atoms with Crippen LogP contribution >= 0.6 is 0 Å². The van der Waals surface area contributed by atoms with Gasteiger partial charge in [-0.3, -0.25) is 62.9 Å². The second-order valence-corrected chi connectivity index (χ2v) is 15.3. The Kier molecular flexibility index (Phi) is 7.32. The van der Waals surface area contributed by atoms with Crippen molar-refractivity contribution in [2.75, 3.05) is 0 Å². The number of carbonyl (C=O) groups is 1. The van der Waals surface area contributed by atoms with Gasteiger partial charge in [-0.1, -0.05) is 0 Å². The summed E-state index contributed by atoms with van der Waals surface area (Å²) in [4.78, 5) is 81.1.